The minimum absolute atomic E-state index is 0.220. The molecule has 0 bridgehead atoms. The van der Waals surface area contributed by atoms with Gasteiger partial charge in [0.25, 0.3) is 0 Å². The van der Waals surface area contributed by atoms with Crippen molar-refractivity contribution in [2.24, 2.45) is 0 Å². The van der Waals surface area contributed by atoms with Gasteiger partial charge in [-0.15, -0.1) is 11.3 Å². The Balaban J connectivity index is 2.09. The number of aryl methyl sites for hydroxylation is 1. The molecule has 3 rings (SSSR count). The van der Waals surface area contributed by atoms with Crippen LogP contribution in [-0.4, -0.2) is 38.9 Å². The van der Waals surface area contributed by atoms with E-state index in [-0.39, 0.29) is 6.04 Å². The molecular weight excluding hydrogens is 340 g/mol. The van der Waals surface area contributed by atoms with E-state index in [0.29, 0.717) is 23.0 Å². The highest BCUT2D eigenvalue weighted by molar-refractivity contribution is 7.89. The summed E-state index contributed by atoms with van der Waals surface area (Å²) in [5.41, 5.74) is 0. The quantitative estimate of drug-likeness (QED) is 0.916. The highest BCUT2D eigenvalue weighted by atomic mass is 35.5. The fourth-order valence-corrected chi connectivity index (χ4v) is 6.45. The summed E-state index contributed by atoms with van der Waals surface area (Å²) in [5.74, 6) is 0. The third-order valence-corrected chi connectivity index (χ3v) is 7.66. The van der Waals surface area contributed by atoms with Gasteiger partial charge in [0.05, 0.1) is 0 Å². The molecule has 1 aromatic heterocycles. The lowest BCUT2D eigenvalue weighted by Gasteiger charge is -2.31. The number of sulfonamides is 1. The first-order chi connectivity index (χ1) is 10.4. The van der Waals surface area contributed by atoms with Gasteiger partial charge in [0.15, 0.2) is 0 Å². The van der Waals surface area contributed by atoms with Crippen LogP contribution in [0.3, 0.4) is 0 Å². The summed E-state index contributed by atoms with van der Waals surface area (Å²) < 4.78 is 28.8. The first-order valence-corrected chi connectivity index (χ1v) is 9.93. The van der Waals surface area contributed by atoms with E-state index >= 15 is 0 Å². The smallest absolute Gasteiger partial charge is 0.244 e. The molecule has 1 N–H and O–H groups in total. The predicted molar refractivity (Wildman–Crippen MR) is 92.4 cm³/mol. The second kappa shape index (κ2) is 6.09. The molecule has 1 aliphatic heterocycles. The number of likely N-dealkylation sites (N-methyl/N-ethyl adjacent to an activating group) is 1. The lowest BCUT2D eigenvalue weighted by molar-refractivity contribution is 0.293. The van der Waals surface area contributed by atoms with Crippen molar-refractivity contribution >= 4 is 43.0 Å². The van der Waals surface area contributed by atoms with Crippen molar-refractivity contribution < 1.29 is 8.42 Å². The van der Waals surface area contributed by atoms with Gasteiger partial charge in [-0.1, -0.05) is 11.6 Å². The molecule has 1 aliphatic rings. The van der Waals surface area contributed by atoms with Gasteiger partial charge in [0, 0.05) is 39.1 Å². The maximum Gasteiger partial charge on any atom is 0.244 e. The summed E-state index contributed by atoms with van der Waals surface area (Å²) in [6.45, 7) is 2.97. The molecule has 7 heteroatoms. The third kappa shape index (κ3) is 2.78. The van der Waals surface area contributed by atoms with Crippen LogP contribution >= 0.6 is 22.9 Å². The molecule has 0 spiro atoms. The van der Waals surface area contributed by atoms with E-state index in [0.717, 1.165) is 27.8 Å². The standard InChI is InChI=1S/C15H19ClN2O2S2/c1-10-15(13-8-11(16)5-6-14(13)21-10)22(19,20)18-7-3-4-12(9-18)17-2/h5-6,8,12,17H,3-4,7,9H2,1-2H3. The van der Waals surface area contributed by atoms with E-state index in [1.807, 2.05) is 20.0 Å². The molecule has 0 aliphatic carbocycles. The van der Waals surface area contributed by atoms with E-state index in [2.05, 4.69) is 5.32 Å². The number of nitrogens with one attached hydrogen (secondary N) is 1. The van der Waals surface area contributed by atoms with Crippen LogP contribution in [0.2, 0.25) is 5.02 Å². The Hall–Kier alpha value is -0.660. The molecule has 1 saturated heterocycles. The normalized spacial score (nSPS) is 20.6. The monoisotopic (exact) mass is 358 g/mol. The maximum absolute atomic E-state index is 13.1. The van der Waals surface area contributed by atoms with Crippen molar-refractivity contribution in [3.05, 3.63) is 28.1 Å². The largest absolute Gasteiger partial charge is 0.316 e. The lowest BCUT2D eigenvalue weighted by Crippen LogP contribution is -2.46. The first kappa shape index (κ1) is 16.2. The number of fused-ring (bicyclic) bond motifs is 1. The Labute approximate surface area is 140 Å². The second-order valence-electron chi connectivity index (χ2n) is 5.62. The molecule has 120 valence electrons. The Morgan fingerprint density at radius 3 is 2.91 bits per heavy atom. The van der Waals surface area contributed by atoms with E-state index in [4.69, 9.17) is 11.6 Å². The number of benzene rings is 1. The first-order valence-electron chi connectivity index (χ1n) is 7.29. The van der Waals surface area contributed by atoms with Gasteiger partial charge in [0.1, 0.15) is 4.90 Å². The van der Waals surface area contributed by atoms with Gasteiger partial charge < -0.3 is 5.32 Å². The zero-order valence-corrected chi connectivity index (χ0v) is 15.0. The third-order valence-electron chi connectivity index (χ3n) is 4.16. The molecule has 2 heterocycles. The van der Waals surface area contributed by atoms with Crippen LogP contribution in [0.15, 0.2) is 23.1 Å². The van der Waals surface area contributed by atoms with Crippen molar-refractivity contribution in [1.82, 2.24) is 9.62 Å². The summed E-state index contributed by atoms with van der Waals surface area (Å²) in [6, 6.07) is 5.67. The van der Waals surface area contributed by atoms with Crippen LogP contribution in [0.1, 0.15) is 17.7 Å². The molecule has 0 radical (unpaired) electrons. The average Bonchev–Trinajstić information content (AvgIpc) is 2.83. The summed E-state index contributed by atoms with van der Waals surface area (Å²) in [6.07, 6.45) is 1.89. The number of halogens is 1. The zero-order valence-electron chi connectivity index (χ0n) is 12.6. The number of rotatable bonds is 3. The molecule has 4 nitrogen and oxygen atoms in total. The van der Waals surface area contributed by atoms with Crippen molar-refractivity contribution in [2.45, 2.75) is 30.7 Å². The fourth-order valence-electron chi connectivity index (χ4n) is 3.02. The van der Waals surface area contributed by atoms with Crippen LogP contribution in [0.25, 0.3) is 10.1 Å². The predicted octanol–water partition coefficient (Wildman–Crippen LogP) is 3.24. The SMILES string of the molecule is CNC1CCCN(S(=O)(=O)c2c(C)sc3ccc(Cl)cc23)C1. The lowest BCUT2D eigenvalue weighted by atomic mass is 10.1. The number of piperidine rings is 1. The molecule has 1 aromatic carbocycles. The molecule has 1 unspecified atom stereocenters. The van der Waals surface area contributed by atoms with Crippen LogP contribution in [0.4, 0.5) is 0 Å². The maximum atomic E-state index is 13.1. The Kier molecular flexibility index (Phi) is 4.49. The van der Waals surface area contributed by atoms with Gasteiger partial charge in [-0.2, -0.15) is 4.31 Å². The van der Waals surface area contributed by atoms with Crippen LogP contribution in [-0.2, 0) is 10.0 Å². The summed E-state index contributed by atoms with van der Waals surface area (Å²) in [7, 11) is -1.61. The van der Waals surface area contributed by atoms with Gasteiger partial charge >= 0.3 is 0 Å². The van der Waals surface area contributed by atoms with Gasteiger partial charge in [-0.3, -0.25) is 0 Å². The molecule has 1 fully saturated rings. The molecule has 1 atom stereocenters. The van der Waals surface area contributed by atoms with Crippen LogP contribution < -0.4 is 5.32 Å². The van der Waals surface area contributed by atoms with E-state index < -0.39 is 10.0 Å². The molecule has 2 aromatic rings. The van der Waals surface area contributed by atoms with Crippen molar-refractivity contribution in [3.63, 3.8) is 0 Å². The van der Waals surface area contributed by atoms with Crippen LogP contribution in [0.5, 0.6) is 0 Å². The van der Waals surface area contributed by atoms with Gasteiger partial charge in [0.2, 0.25) is 10.0 Å². The van der Waals surface area contributed by atoms with Crippen molar-refractivity contribution in [2.75, 3.05) is 20.1 Å². The number of hydrogen-bond donors (Lipinski definition) is 1. The fraction of sp³-hybridized carbons (Fsp3) is 0.467. The number of hydrogen-bond acceptors (Lipinski definition) is 4. The summed E-state index contributed by atoms with van der Waals surface area (Å²) >= 11 is 7.57. The van der Waals surface area contributed by atoms with Gasteiger partial charge in [-0.05, 0) is 45.0 Å². The van der Waals surface area contributed by atoms with Crippen molar-refractivity contribution in [3.8, 4) is 0 Å². The molecule has 0 saturated carbocycles. The van der Waals surface area contributed by atoms with Crippen LogP contribution in [0, 0.1) is 6.92 Å². The second-order valence-corrected chi connectivity index (χ2v) is 9.19. The Bertz CT molecular complexity index is 801. The molecule has 0 amide bonds. The minimum Gasteiger partial charge on any atom is -0.316 e. The Morgan fingerprint density at radius 1 is 1.41 bits per heavy atom. The summed E-state index contributed by atoms with van der Waals surface area (Å²) in [4.78, 5) is 1.25. The van der Waals surface area contributed by atoms with Gasteiger partial charge in [-0.25, -0.2) is 8.42 Å². The number of thiophene rings is 1. The zero-order chi connectivity index (χ0) is 15.9. The minimum atomic E-state index is -3.49. The number of nitrogens with zero attached hydrogens (tertiary/aromatic N) is 1. The average molecular weight is 359 g/mol. The van der Waals surface area contributed by atoms with E-state index in [1.54, 1.807) is 16.4 Å². The highest BCUT2D eigenvalue weighted by Crippen LogP contribution is 2.37. The Morgan fingerprint density at radius 2 is 2.18 bits per heavy atom. The highest BCUT2D eigenvalue weighted by Gasteiger charge is 2.33. The van der Waals surface area contributed by atoms with E-state index in [1.165, 1.54) is 11.3 Å². The summed E-state index contributed by atoms with van der Waals surface area (Å²) in [5, 5.41) is 4.49. The molecular formula is C15H19ClN2O2S2. The topological polar surface area (TPSA) is 49.4 Å². The van der Waals surface area contributed by atoms with E-state index in [9.17, 15) is 8.42 Å². The van der Waals surface area contributed by atoms with Crippen molar-refractivity contribution in [1.29, 1.82) is 0 Å². The molecule has 22 heavy (non-hydrogen) atoms.